The topological polar surface area (TPSA) is 88.2 Å². The van der Waals surface area contributed by atoms with Crippen molar-refractivity contribution in [3.63, 3.8) is 0 Å². The van der Waals surface area contributed by atoms with E-state index in [4.69, 9.17) is 0 Å². The van der Waals surface area contributed by atoms with Crippen molar-refractivity contribution in [1.82, 2.24) is 9.71 Å². The zero-order chi connectivity index (χ0) is 20.1. The molecule has 148 valence electrons. The Bertz CT molecular complexity index is 896. The smallest absolute Gasteiger partial charge is 0.361 e. The Kier molecular flexibility index (Phi) is 6.95. The van der Waals surface area contributed by atoms with Gasteiger partial charge in [0.2, 0.25) is 15.8 Å². The van der Waals surface area contributed by atoms with E-state index in [0.29, 0.717) is 22.1 Å². The van der Waals surface area contributed by atoms with Crippen molar-refractivity contribution in [1.29, 1.82) is 0 Å². The van der Waals surface area contributed by atoms with Gasteiger partial charge in [-0.1, -0.05) is 35.6 Å². The molecule has 0 unspecified atom stereocenters. The van der Waals surface area contributed by atoms with E-state index in [1.54, 1.807) is 12.1 Å². The van der Waals surface area contributed by atoms with Crippen LogP contribution in [0.1, 0.15) is 27.2 Å². The van der Waals surface area contributed by atoms with Crippen LogP contribution in [0.25, 0.3) is 0 Å². The third-order valence-electron chi connectivity index (χ3n) is 3.42. The lowest BCUT2D eigenvalue weighted by atomic mass is 10.0. The van der Waals surface area contributed by atoms with Gasteiger partial charge in [0.15, 0.2) is 10.9 Å². The maximum Gasteiger partial charge on any atom is 0.404 e. The van der Waals surface area contributed by atoms with Crippen LogP contribution < -0.4 is 10.0 Å². The highest BCUT2D eigenvalue weighted by atomic mass is 32.2. The largest absolute Gasteiger partial charge is 0.404 e. The van der Waals surface area contributed by atoms with Crippen LogP contribution in [-0.4, -0.2) is 44.2 Å². The van der Waals surface area contributed by atoms with Gasteiger partial charge in [-0.05, 0) is 18.9 Å². The van der Waals surface area contributed by atoms with Gasteiger partial charge in [-0.3, -0.25) is 4.79 Å². The highest BCUT2D eigenvalue weighted by molar-refractivity contribution is 7.89. The van der Waals surface area contributed by atoms with Crippen molar-refractivity contribution in [3.05, 3.63) is 46.5 Å². The second-order valence-corrected chi connectivity index (χ2v) is 8.56. The highest BCUT2D eigenvalue weighted by Crippen LogP contribution is 2.22. The second-order valence-electron chi connectivity index (χ2n) is 5.72. The van der Waals surface area contributed by atoms with Gasteiger partial charge in [0.25, 0.3) is 0 Å². The van der Waals surface area contributed by atoms with E-state index >= 15 is 0 Å². The maximum absolute atomic E-state index is 12.5. The molecule has 6 nitrogen and oxygen atoms in total. The zero-order valence-electron chi connectivity index (χ0n) is 14.3. The number of anilines is 1. The predicted octanol–water partition coefficient (Wildman–Crippen LogP) is 2.97. The summed E-state index contributed by atoms with van der Waals surface area (Å²) in [6, 6.07) is 7.19. The molecule has 2 aromatic rings. The number of carbonyl (C=O) groups excluding carboxylic acids is 1. The minimum atomic E-state index is -4.77. The average molecular weight is 421 g/mol. The summed E-state index contributed by atoms with van der Waals surface area (Å²) in [5, 5.41) is 3.40. The molecule has 2 N–H and O–H groups in total. The lowest BCUT2D eigenvalue weighted by molar-refractivity contribution is -0.106. The molecule has 0 saturated heterocycles. The Hall–Kier alpha value is -1.98. The molecule has 0 saturated carbocycles. The second kappa shape index (κ2) is 8.81. The molecule has 1 aromatic heterocycles. The van der Waals surface area contributed by atoms with Crippen LogP contribution in [0.4, 0.5) is 18.3 Å². The van der Waals surface area contributed by atoms with Crippen LogP contribution in [0.3, 0.4) is 0 Å². The van der Waals surface area contributed by atoms with Crippen LogP contribution in [0, 0.1) is 6.92 Å². The van der Waals surface area contributed by atoms with Gasteiger partial charge < -0.3 is 5.32 Å². The number of sulfonamides is 1. The third kappa shape index (κ3) is 6.92. The standard InChI is InChI=1S/C16H18F3N3O3S2/c1-11-5-2-3-6-12(11)14(23)13-9-21-15(26-13)20-7-4-8-22-27(24,25)10-16(17,18)19/h2-3,5-6,9,22H,4,7-8,10H2,1H3,(H,20,21). The molecule has 0 spiro atoms. The molecule has 11 heteroatoms. The minimum absolute atomic E-state index is 0.133. The van der Waals surface area contributed by atoms with Crippen molar-refractivity contribution >= 4 is 32.3 Å². The van der Waals surface area contributed by atoms with Crippen LogP contribution in [0.15, 0.2) is 30.5 Å². The van der Waals surface area contributed by atoms with Gasteiger partial charge in [-0.15, -0.1) is 0 Å². The number of nitrogens with zero attached hydrogens (tertiary/aromatic N) is 1. The van der Waals surface area contributed by atoms with Crippen molar-refractivity contribution in [2.45, 2.75) is 19.5 Å². The highest BCUT2D eigenvalue weighted by Gasteiger charge is 2.34. The number of halogens is 3. The number of hydrogen-bond donors (Lipinski definition) is 2. The zero-order valence-corrected chi connectivity index (χ0v) is 16.0. The van der Waals surface area contributed by atoms with Gasteiger partial charge >= 0.3 is 6.18 Å². The first kappa shape index (κ1) is 21.3. The first-order valence-corrected chi connectivity index (χ1v) is 10.4. The van der Waals surface area contributed by atoms with Gasteiger partial charge in [0, 0.05) is 18.7 Å². The molecule has 1 aromatic carbocycles. The van der Waals surface area contributed by atoms with Crippen LogP contribution in [-0.2, 0) is 10.0 Å². The Balaban J connectivity index is 1.80. The Labute approximate surface area is 158 Å². The molecule has 2 rings (SSSR count). The molecule has 0 aliphatic carbocycles. The molecule has 27 heavy (non-hydrogen) atoms. The fourth-order valence-electron chi connectivity index (χ4n) is 2.20. The number of aryl methyl sites for hydroxylation is 1. The molecule has 0 amide bonds. The van der Waals surface area contributed by atoms with Crippen molar-refractivity contribution in [2.24, 2.45) is 0 Å². The fraction of sp³-hybridized carbons (Fsp3) is 0.375. The summed E-state index contributed by atoms with van der Waals surface area (Å²) in [5.41, 5.74) is 1.45. The van der Waals surface area contributed by atoms with Crippen molar-refractivity contribution in [3.8, 4) is 0 Å². The van der Waals surface area contributed by atoms with Crippen LogP contribution in [0.5, 0.6) is 0 Å². The molecule has 0 aliphatic rings. The number of ketones is 1. The van der Waals surface area contributed by atoms with Crippen molar-refractivity contribution < 1.29 is 26.4 Å². The summed E-state index contributed by atoms with van der Waals surface area (Å²) >= 11 is 1.16. The van der Waals surface area contributed by atoms with Gasteiger partial charge in [0.1, 0.15) is 0 Å². The number of benzene rings is 1. The van der Waals surface area contributed by atoms with Gasteiger partial charge in [-0.25, -0.2) is 18.1 Å². The number of hydrogen-bond acceptors (Lipinski definition) is 6. The predicted molar refractivity (Wildman–Crippen MR) is 97.7 cm³/mol. The van der Waals surface area contributed by atoms with Crippen LogP contribution in [0.2, 0.25) is 0 Å². The quantitative estimate of drug-likeness (QED) is 0.480. The summed E-state index contributed by atoms with van der Waals surface area (Å²) in [6.45, 7) is 2.00. The summed E-state index contributed by atoms with van der Waals surface area (Å²) in [4.78, 5) is 17.0. The molecule has 0 radical (unpaired) electrons. The Morgan fingerprint density at radius 1 is 1.22 bits per heavy atom. The van der Waals surface area contributed by atoms with Gasteiger partial charge in [-0.2, -0.15) is 13.2 Å². The van der Waals surface area contributed by atoms with E-state index in [9.17, 15) is 26.4 Å². The lowest BCUT2D eigenvalue weighted by Crippen LogP contribution is -2.34. The molecule has 0 atom stereocenters. The molecule has 1 heterocycles. The summed E-state index contributed by atoms with van der Waals surface area (Å²) in [6.07, 6.45) is -3.06. The van der Waals surface area contributed by atoms with E-state index in [-0.39, 0.29) is 18.7 Å². The maximum atomic E-state index is 12.5. The summed E-state index contributed by atoms with van der Waals surface area (Å²) < 4.78 is 60.6. The fourth-order valence-corrected chi connectivity index (χ4v) is 3.98. The number of rotatable bonds is 9. The van der Waals surface area contributed by atoms with E-state index in [1.807, 2.05) is 23.8 Å². The van der Waals surface area contributed by atoms with Crippen molar-refractivity contribution in [2.75, 3.05) is 24.2 Å². The Morgan fingerprint density at radius 3 is 2.59 bits per heavy atom. The molecule has 0 fully saturated rings. The molecular weight excluding hydrogens is 403 g/mol. The van der Waals surface area contributed by atoms with E-state index < -0.39 is 22.0 Å². The Morgan fingerprint density at radius 2 is 1.93 bits per heavy atom. The normalized spacial score (nSPS) is 12.1. The number of carbonyl (C=O) groups is 1. The number of aromatic nitrogens is 1. The first-order chi connectivity index (χ1) is 12.6. The SMILES string of the molecule is Cc1ccccc1C(=O)c1cnc(NCCCNS(=O)(=O)CC(F)(F)F)s1. The molecule has 0 bridgehead atoms. The molecule has 0 aliphatic heterocycles. The van der Waals surface area contributed by atoms with E-state index in [1.165, 1.54) is 6.20 Å². The minimum Gasteiger partial charge on any atom is -0.361 e. The summed E-state index contributed by atoms with van der Waals surface area (Å²) in [7, 11) is -4.39. The van der Waals surface area contributed by atoms with E-state index in [0.717, 1.165) is 16.9 Å². The number of nitrogens with one attached hydrogen (secondary N) is 2. The van der Waals surface area contributed by atoms with E-state index in [2.05, 4.69) is 10.3 Å². The van der Waals surface area contributed by atoms with Gasteiger partial charge in [0.05, 0.1) is 11.1 Å². The number of thiazole rings is 1. The average Bonchev–Trinajstić information content (AvgIpc) is 3.01. The summed E-state index contributed by atoms with van der Waals surface area (Å²) in [5.74, 6) is -2.04. The number of alkyl halides is 3. The van der Waals surface area contributed by atoms with Crippen LogP contribution >= 0.6 is 11.3 Å². The molecular formula is C16H18F3N3O3S2. The third-order valence-corrected chi connectivity index (χ3v) is 5.73. The lowest BCUT2D eigenvalue weighted by Gasteiger charge is -2.09. The first-order valence-electron chi connectivity index (χ1n) is 7.91. The monoisotopic (exact) mass is 421 g/mol.